The molecule has 0 atom stereocenters. The lowest BCUT2D eigenvalue weighted by molar-refractivity contribution is -0.137. The molecule has 0 spiro atoms. The van der Waals surface area contributed by atoms with Crippen LogP contribution in [0.1, 0.15) is 37.7 Å². The second-order valence-corrected chi connectivity index (χ2v) is 7.84. The highest BCUT2D eigenvalue weighted by molar-refractivity contribution is 6.09. The van der Waals surface area contributed by atoms with Gasteiger partial charge in [-0.05, 0) is 56.3 Å². The molecule has 8 heteroatoms. The Kier molecular flexibility index (Phi) is 6.46. The summed E-state index contributed by atoms with van der Waals surface area (Å²) < 4.78 is 47.5. The molecule has 0 aliphatic carbocycles. The van der Waals surface area contributed by atoms with E-state index >= 15 is 0 Å². The average molecular weight is 478 g/mol. The molecule has 0 radical (unpaired) electrons. The predicted octanol–water partition coefficient (Wildman–Crippen LogP) is 6.58. The van der Waals surface area contributed by atoms with Gasteiger partial charge >= 0.3 is 12.1 Å². The first-order valence-electron chi connectivity index (χ1n) is 10.7. The third kappa shape index (κ3) is 4.96. The number of aromatic nitrogens is 1. The van der Waals surface area contributed by atoms with Crippen LogP contribution in [-0.2, 0) is 6.18 Å². The fraction of sp³-hybridized carbons (Fsp3) is 0.111. The zero-order chi connectivity index (χ0) is 25.2. The van der Waals surface area contributed by atoms with Crippen LogP contribution in [0, 0.1) is 13.8 Å². The number of aryl methyl sites for hydroxylation is 1. The van der Waals surface area contributed by atoms with Crippen molar-refractivity contribution in [2.45, 2.75) is 20.0 Å². The average Bonchev–Trinajstić information content (AvgIpc) is 3.13. The number of carbonyl (C=O) groups is 2. The minimum Gasteiger partial charge on any atom is -0.423 e. The molecule has 4 rings (SSSR count). The monoisotopic (exact) mass is 478 g/mol. The highest BCUT2D eigenvalue weighted by Crippen LogP contribution is 2.35. The van der Waals surface area contributed by atoms with Gasteiger partial charge in [-0.2, -0.15) is 13.2 Å². The Balaban J connectivity index is 1.65. The van der Waals surface area contributed by atoms with E-state index in [2.05, 4.69) is 5.32 Å². The van der Waals surface area contributed by atoms with E-state index in [1.165, 1.54) is 34.9 Å². The van der Waals surface area contributed by atoms with Crippen LogP contribution in [-0.4, -0.2) is 16.4 Å². The number of amides is 1. The van der Waals surface area contributed by atoms with E-state index < -0.39 is 23.6 Å². The molecule has 0 saturated carbocycles. The van der Waals surface area contributed by atoms with Crippen molar-refractivity contribution >= 4 is 17.6 Å². The third-order valence-electron chi connectivity index (χ3n) is 5.48. The number of hydrogen-bond acceptors (Lipinski definition) is 3. The van der Waals surface area contributed by atoms with Crippen molar-refractivity contribution < 1.29 is 27.5 Å². The van der Waals surface area contributed by atoms with Crippen molar-refractivity contribution in [1.82, 2.24) is 4.57 Å². The molecule has 178 valence electrons. The molecule has 5 nitrogen and oxygen atoms in total. The number of ether oxygens (including phenoxy) is 1. The minimum absolute atomic E-state index is 0.0686. The van der Waals surface area contributed by atoms with Crippen molar-refractivity contribution in [2.75, 3.05) is 5.32 Å². The summed E-state index contributed by atoms with van der Waals surface area (Å²) in [7, 11) is 0. The number of para-hydroxylation sites is 3. The van der Waals surface area contributed by atoms with Gasteiger partial charge in [-0.15, -0.1) is 0 Å². The number of halogens is 3. The maximum absolute atomic E-state index is 13.6. The number of hydrogen-bond donors (Lipinski definition) is 1. The van der Waals surface area contributed by atoms with Crippen LogP contribution in [0.5, 0.6) is 5.75 Å². The Morgan fingerprint density at radius 1 is 0.829 bits per heavy atom. The number of anilines is 1. The molecule has 0 aliphatic heterocycles. The van der Waals surface area contributed by atoms with Crippen LogP contribution < -0.4 is 10.1 Å². The van der Waals surface area contributed by atoms with E-state index in [0.717, 1.165) is 6.07 Å². The second-order valence-electron chi connectivity index (χ2n) is 7.84. The van der Waals surface area contributed by atoms with Gasteiger partial charge in [0, 0.05) is 11.4 Å². The zero-order valence-electron chi connectivity index (χ0n) is 18.9. The quantitative estimate of drug-likeness (QED) is 0.260. The van der Waals surface area contributed by atoms with Crippen LogP contribution in [0.2, 0.25) is 0 Å². The fourth-order valence-electron chi connectivity index (χ4n) is 3.88. The van der Waals surface area contributed by atoms with Gasteiger partial charge in [-0.25, -0.2) is 4.79 Å². The summed E-state index contributed by atoms with van der Waals surface area (Å²) in [6.45, 7) is 3.20. The first kappa shape index (κ1) is 23.8. The van der Waals surface area contributed by atoms with E-state index in [0.29, 0.717) is 17.1 Å². The van der Waals surface area contributed by atoms with E-state index in [9.17, 15) is 22.8 Å². The van der Waals surface area contributed by atoms with Crippen molar-refractivity contribution in [1.29, 1.82) is 0 Å². The number of alkyl halides is 3. The normalized spacial score (nSPS) is 11.2. The number of benzene rings is 3. The highest BCUT2D eigenvalue weighted by Gasteiger charge is 2.34. The molecular formula is C27H21F3N2O3. The van der Waals surface area contributed by atoms with Crippen molar-refractivity contribution in [2.24, 2.45) is 0 Å². The molecule has 3 aromatic carbocycles. The van der Waals surface area contributed by atoms with Gasteiger partial charge in [0.15, 0.2) is 0 Å². The van der Waals surface area contributed by atoms with Crippen LogP contribution >= 0.6 is 0 Å². The molecule has 0 unspecified atom stereocenters. The van der Waals surface area contributed by atoms with Gasteiger partial charge in [0.2, 0.25) is 0 Å². The van der Waals surface area contributed by atoms with Crippen LogP contribution in [0.4, 0.5) is 18.9 Å². The molecule has 0 fully saturated rings. The Morgan fingerprint density at radius 3 is 2.17 bits per heavy atom. The molecule has 4 aromatic rings. The van der Waals surface area contributed by atoms with Crippen molar-refractivity contribution in [3.8, 4) is 11.4 Å². The van der Waals surface area contributed by atoms with Gasteiger partial charge < -0.3 is 14.6 Å². The van der Waals surface area contributed by atoms with E-state index in [-0.39, 0.29) is 22.5 Å². The Bertz CT molecular complexity index is 1390. The number of esters is 1. The molecular weight excluding hydrogens is 457 g/mol. The molecule has 1 N–H and O–H groups in total. The standard InChI is InChI=1S/C27H21F3N2O3/c1-17-16-21(18(2)32(17)24-15-9-7-13-22(24)27(28,29)30)25(33)31-23-14-8-6-12-20(23)26(34)35-19-10-4-3-5-11-19/h3-16H,1-2H3,(H,31,33). The predicted molar refractivity (Wildman–Crippen MR) is 126 cm³/mol. The lowest BCUT2D eigenvalue weighted by Gasteiger charge is -2.17. The molecule has 0 saturated heterocycles. The lowest BCUT2D eigenvalue weighted by atomic mass is 10.1. The summed E-state index contributed by atoms with van der Waals surface area (Å²) in [5.74, 6) is -0.865. The first-order chi connectivity index (χ1) is 16.7. The van der Waals surface area contributed by atoms with Gasteiger partial charge in [0.05, 0.1) is 28.1 Å². The summed E-state index contributed by atoms with van der Waals surface area (Å²) in [6, 6.07) is 21.6. The van der Waals surface area contributed by atoms with E-state index in [4.69, 9.17) is 4.74 Å². The smallest absolute Gasteiger partial charge is 0.418 e. The maximum Gasteiger partial charge on any atom is 0.418 e. The molecule has 35 heavy (non-hydrogen) atoms. The maximum atomic E-state index is 13.6. The number of rotatable bonds is 5. The number of carbonyl (C=O) groups excluding carboxylic acids is 2. The van der Waals surface area contributed by atoms with Gasteiger partial charge in [0.25, 0.3) is 5.91 Å². The molecule has 0 bridgehead atoms. The Labute approximate surface area is 199 Å². The molecule has 1 heterocycles. The highest BCUT2D eigenvalue weighted by atomic mass is 19.4. The summed E-state index contributed by atoms with van der Waals surface area (Å²) in [5.41, 5.74) is 0.469. The van der Waals surface area contributed by atoms with Crippen LogP contribution in [0.3, 0.4) is 0 Å². The lowest BCUT2D eigenvalue weighted by Crippen LogP contribution is -2.18. The summed E-state index contributed by atoms with van der Waals surface area (Å²) in [5, 5.41) is 2.70. The Morgan fingerprint density at radius 2 is 1.46 bits per heavy atom. The Hall–Kier alpha value is -4.33. The largest absolute Gasteiger partial charge is 0.423 e. The van der Waals surface area contributed by atoms with Crippen LogP contribution in [0.15, 0.2) is 84.9 Å². The number of nitrogens with one attached hydrogen (secondary N) is 1. The third-order valence-corrected chi connectivity index (χ3v) is 5.48. The second kappa shape index (κ2) is 9.50. The molecule has 1 amide bonds. The molecule has 1 aromatic heterocycles. The minimum atomic E-state index is -4.56. The van der Waals surface area contributed by atoms with Crippen LogP contribution in [0.25, 0.3) is 5.69 Å². The van der Waals surface area contributed by atoms with Gasteiger partial charge in [-0.3, -0.25) is 4.79 Å². The number of nitrogens with zero attached hydrogens (tertiary/aromatic N) is 1. The van der Waals surface area contributed by atoms with Crippen molar-refractivity contribution in [3.63, 3.8) is 0 Å². The molecule has 0 aliphatic rings. The summed E-state index contributed by atoms with van der Waals surface area (Å²) in [6.07, 6.45) is -4.56. The van der Waals surface area contributed by atoms with Crippen molar-refractivity contribution in [3.05, 3.63) is 113 Å². The SMILES string of the molecule is Cc1cc(C(=O)Nc2ccccc2C(=O)Oc2ccccc2)c(C)n1-c1ccccc1C(F)(F)F. The van der Waals surface area contributed by atoms with E-state index in [1.54, 1.807) is 62.4 Å². The van der Waals surface area contributed by atoms with Gasteiger partial charge in [0.1, 0.15) is 5.75 Å². The zero-order valence-corrected chi connectivity index (χ0v) is 18.9. The topological polar surface area (TPSA) is 60.3 Å². The first-order valence-corrected chi connectivity index (χ1v) is 10.7. The summed E-state index contributed by atoms with van der Waals surface area (Å²) in [4.78, 5) is 25.9. The summed E-state index contributed by atoms with van der Waals surface area (Å²) >= 11 is 0. The van der Waals surface area contributed by atoms with Gasteiger partial charge in [-0.1, -0.05) is 42.5 Å². The fourth-order valence-corrected chi connectivity index (χ4v) is 3.88. The van der Waals surface area contributed by atoms with E-state index in [1.807, 2.05) is 0 Å².